The van der Waals surface area contributed by atoms with Gasteiger partial charge in [-0.15, -0.1) is 6.58 Å². The maximum atomic E-state index is 11.9. The molecule has 0 aromatic rings. The minimum absolute atomic E-state index is 0.0663. The Morgan fingerprint density at radius 1 is 1.17 bits per heavy atom. The first kappa shape index (κ1) is 16.6. The Kier molecular flexibility index (Phi) is 7.27. The van der Waals surface area contributed by atoms with Gasteiger partial charge in [-0.25, -0.2) is 0 Å². The predicted molar refractivity (Wildman–Crippen MR) is 66.0 cm³/mol. The molecule has 0 aliphatic heterocycles. The molecular weight excluding hydrogens is 260 g/mol. The standard InChI is InChI=1S/C12H17ClO5/c1-4-7-12(8-9(13)14,10(15)17-5-2)11(16)18-6-3/h4H,1,5-8H2,2-3H3. The second-order valence-corrected chi connectivity index (χ2v) is 3.97. The number of hydrogen-bond acceptors (Lipinski definition) is 5. The lowest BCUT2D eigenvalue weighted by Crippen LogP contribution is -2.43. The lowest BCUT2D eigenvalue weighted by Gasteiger charge is -2.26. The second kappa shape index (κ2) is 7.87. The van der Waals surface area contributed by atoms with Gasteiger partial charge in [0.2, 0.25) is 5.24 Å². The van der Waals surface area contributed by atoms with Crippen LogP contribution in [-0.2, 0) is 23.9 Å². The summed E-state index contributed by atoms with van der Waals surface area (Å²) in [6.07, 6.45) is 0.815. The summed E-state index contributed by atoms with van der Waals surface area (Å²) in [6, 6.07) is 0. The van der Waals surface area contributed by atoms with Crippen LogP contribution in [0.5, 0.6) is 0 Å². The molecule has 0 N–H and O–H groups in total. The van der Waals surface area contributed by atoms with Gasteiger partial charge in [-0.3, -0.25) is 14.4 Å². The Morgan fingerprint density at radius 2 is 1.61 bits per heavy atom. The number of carbonyl (C=O) groups is 3. The van der Waals surface area contributed by atoms with Crippen LogP contribution in [0.4, 0.5) is 0 Å². The summed E-state index contributed by atoms with van der Waals surface area (Å²) >= 11 is 5.30. The number of hydrogen-bond donors (Lipinski definition) is 0. The van der Waals surface area contributed by atoms with Gasteiger partial charge in [0.15, 0.2) is 5.41 Å². The molecule has 0 rings (SSSR count). The van der Waals surface area contributed by atoms with Gasteiger partial charge in [0.1, 0.15) is 0 Å². The lowest BCUT2D eigenvalue weighted by atomic mass is 9.81. The molecule has 0 bridgehead atoms. The van der Waals surface area contributed by atoms with Crippen LogP contribution in [0.1, 0.15) is 26.7 Å². The maximum Gasteiger partial charge on any atom is 0.324 e. The molecule has 0 aromatic heterocycles. The van der Waals surface area contributed by atoms with E-state index in [1.807, 2.05) is 0 Å². The molecule has 0 saturated heterocycles. The van der Waals surface area contributed by atoms with E-state index in [9.17, 15) is 14.4 Å². The van der Waals surface area contributed by atoms with E-state index in [2.05, 4.69) is 6.58 Å². The van der Waals surface area contributed by atoms with Crippen molar-refractivity contribution in [3.8, 4) is 0 Å². The normalized spacial score (nSPS) is 10.6. The van der Waals surface area contributed by atoms with Crippen molar-refractivity contribution in [2.45, 2.75) is 26.7 Å². The molecular formula is C12H17ClO5. The Morgan fingerprint density at radius 3 is 1.89 bits per heavy atom. The van der Waals surface area contributed by atoms with Gasteiger partial charge in [0, 0.05) is 6.42 Å². The summed E-state index contributed by atoms with van der Waals surface area (Å²) in [5, 5.41) is -0.807. The molecule has 0 atom stereocenters. The van der Waals surface area contributed by atoms with E-state index in [1.54, 1.807) is 13.8 Å². The zero-order valence-corrected chi connectivity index (χ0v) is 11.3. The molecule has 102 valence electrons. The molecule has 0 saturated carbocycles. The van der Waals surface area contributed by atoms with Crippen molar-refractivity contribution in [3.05, 3.63) is 12.7 Å². The van der Waals surface area contributed by atoms with Gasteiger partial charge in [-0.05, 0) is 31.9 Å². The van der Waals surface area contributed by atoms with Gasteiger partial charge >= 0.3 is 11.9 Å². The van der Waals surface area contributed by atoms with Crippen LogP contribution in [0.3, 0.4) is 0 Å². The summed E-state index contributed by atoms with van der Waals surface area (Å²) in [5.41, 5.74) is -1.73. The Labute approximate surface area is 111 Å². The molecule has 0 amide bonds. The molecule has 0 heterocycles. The number of rotatable bonds is 8. The second-order valence-electron chi connectivity index (χ2n) is 3.55. The highest BCUT2D eigenvalue weighted by Crippen LogP contribution is 2.32. The summed E-state index contributed by atoms with van der Waals surface area (Å²) in [5.74, 6) is -1.64. The fourth-order valence-electron chi connectivity index (χ4n) is 1.49. The van der Waals surface area contributed by atoms with Crippen LogP contribution in [0.15, 0.2) is 12.7 Å². The third-order valence-corrected chi connectivity index (χ3v) is 2.40. The zero-order valence-electron chi connectivity index (χ0n) is 10.5. The van der Waals surface area contributed by atoms with Crippen LogP contribution in [0.2, 0.25) is 0 Å². The quantitative estimate of drug-likeness (QED) is 0.293. The van der Waals surface area contributed by atoms with Crippen molar-refractivity contribution in [3.63, 3.8) is 0 Å². The van der Waals surface area contributed by atoms with Crippen molar-refractivity contribution in [1.82, 2.24) is 0 Å². The van der Waals surface area contributed by atoms with Crippen molar-refractivity contribution in [1.29, 1.82) is 0 Å². The van der Waals surface area contributed by atoms with E-state index in [1.165, 1.54) is 6.08 Å². The Bertz CT molecular complexity index is 319. The molecule has 0 aliphatic carbocycles. The third kappa shape index (κ3) is 4.14. The van der Waals surface area contributed by atoms with Gasteiger partial charge in [0.25, 0.3) is 0 Å². The average Bonchev–Trinajstić information content (AvgIpc) is 2.28. The van der Waals surface area contributed by atoms with Gasteiger partial charge in [0.05, 0.1) is 13.2 Å². The molecule has 6 heteroatoms. The summed E-state index contributed by atoms with van der Waals surface area (Å²) in [4.78, 5) is 34.9. The van der Waals surface area contributed by atoms with Crippen molar-refractivity contribution in [2.75, 3.05) is 13.2 Å². The number of ether oxygens (including phenoxy) is 2. The molecule has 18 heavy (non-hydrogen) atoms. The first-order valence-corrected chi connectivity index (χ1v) is 5.96. The molecule has 0 aromatic carbocycles. The van der Waals surface area contributed by atoms with Crippen LogP contribution in [-0.4, -0.2) is 30.4 Å². The van der Waals surface area contributed by atoms with Crippen LogP contribution in [0.25, 0.3) is 0 Å². The predicted octanol–water partition coefficient (Wildman–Crippen LogP) is 1.83. The largest absolute Gasteiger partial charge is 0.465 e. The molecule has 0 fully saturated rings. The van der Waals surface area contributed by atoms with E-state index in [4.69, 9.17) is 21.1 Å². The highest BCUT2D eigenvalue weighted by Gasteiger charge is 2.49. The topological polar surface area (TPSA) is 69.7 Å². The fraction of sp³-hybridized carbons (Fsp3) is 0.583. The van der Waals surface area contributed by atoms with E-state index in [0.717, 1.165) is 0 Å². The maximum absolute atomic E-state index is 11.9. The van der Waals surface area contributed by atoms with E-state index in [0.29, 0.717) is 0 Å². The highest BCUT2D eigenvalue weighted by molar-refractivity contribution is 6.63. The first-order valence-electron chi connectivity index (χ1n) is 5.58. The van der Waals surface area contributed by atoms with Crippen molar-refractivity contribution in [2.24, 2.45) is 5.41 Å². The van der Waals surface area contributed by atoms with Crippen LogP contribution in [0, 0.1) is 5.41 Å². The number of esters is 2. The Hall–Kier alpha value is -1.36. The smallest absolute Gasteiger partial charge is 0.324 e. The molecule has 0 spiro atoms. The molecule has 0 aliphatic rings. The van der Waals surface area contributed by atoms with Gasteiger partial charge < -0.3 is 9.47 Å². The monoisotopic (exact) mass is 276 g/mol. The summed E-state index contributed by atoms with van der Waals surface area (Å²) in [7, 11) is 0. The van der Waals surface area contributed by atoms with Crippen molar-refractivity contribution >= 4 is 28.8 Å². The molecule has 5 nitrogen and oxygen atoms in total. The minimum Gasteiger partial charge on any atom is -0.465 e. The SMILES string of the molecule is C=CCC(CC(=O)Cl)(C(=O)OCC)C(=O)OCC. The van der Waals surface area contributed by atoms with E-state index < -0.39 is 29.0 Å². The van der Waals surface area contributed by atoms with Gasteiger partial charge in [-0.1, -0.05) is 6.08 Å². The summed E-state index contributed by atoms with van der Waals surface area (Å²) < 4.78 is 9.66. The van der Waals surface area contributed by atoms with E-state index >= 15 is 0 Å². The highest BCUT2D eigenvalue weighted by atomic mass is 35.5. The van der Waals surface area contributed by atoms with Gasteiger partial charge in [-0.2, -0.15) is 0 Å². The lowest BCUT2D eigenvalue weighted by molar-refractivity contribution is -0.173. The minimum atomic E-state index is -1.73. The summed E-state index contributed by atoms with van der Waals surface area (Å²) in [6.45, 7) is 6.85. The van der Waals surface area contributed by atoms with Crippen LogP contribution >= 0.6 is 11.6 Å². The average molecular weight is 277 g/mol. The van der Waals surface area contributed by atoms with Crippen molar-refractivity contribution < 1.29 is 23.9 Å². The zero-order chi connectivity index (χ0) is 14.2. The Balaban J connectivity index is 5.38. The number of halogens is 1. The molecule has 0 radical (unpaired) electrons. The number of allylic oxidation sites excluding steroid dienone is 1. The van der Waals surface area contributed by atoms with E-state index in [-0.39, 0.29) is 19.6 Å². The third-order valence-electron chi connectivity index (χ3n) is 2.27. The fourth-order valence-corrected chi connectivity index (χ4v) is 1.72. The first-order chi connectivity index (χ1) is 8.44. The number of carbonyl (C=O) groups excluding carboxylic acids is 3. The molecule has 0 unspecified atom stereocenters. The van der Waals surface area contributed by atoms with Crippen LogP contribution < -0.4 is 0 Å².